The Bertz CT molecular complexity index is 695. The highest BCUT2D eigenvalue weighted by Crippen LogP contribution is 2.35. The number of furan rings is 1. The van der Waals surface area contributed by atoms with E-state index in [1.54, 1.807) is 26.2 Å². The highest BCUT2D eigenvalue weighted by molar-refractivity contribution is 5.93. The van der Waals surface area contributed by atoms with E-state index >= 15 is 0 Å². The van der Waals surface area contributed by atoms with Crippen LogP contribution < -0.4 is 5.32 Å². The van der Waals surface area contributed by atoms with Crippen LogP contribution in [0.3, 0.4) is 0 Å². The van der Waals surface area contributed by atoms with Crippen molar-refractivity contribution in [2.45, 2.75) is 25.4 Å². The summed E-state index contributed by atoms with van der Waals surface area (Å²) in [5, 5.41) is 2.83. The van der Waals surface area contributed by atoms with Crippen molar-refractivity contribution in [1.29, 1.82) is 0 Å². The lowest BCUT2D eigenvalue weighted by atomic mass is 10.3. The third-order valence-electron chi connectivity index (χ3n) is 3.65. The lowest BCUT2D eigenvalue weighted by Gasteiger charge is -2.08. The smallest absolute Gasteiger partial charge is 0.289 e. The van der Waals surface area contributed by atoms with Crippen LogP contribution in [0, 0.1) is 0 Å². The molecule has 0 saturated heterocycles. The summed E-state index contributed by atoms with van der Waals surface area (Å²) in [5.74, 6) is 0.507. The second-order valence-corrected chi connectivity index (χ2v) is 5.68. The van der Waals surface area contributed by atoms with Gasteiger partial charge >= 0.3 is 0 Å². The SMILES string of the molecule is CN(C)C(=O)c1ccc(CNC(=O)c2cccn2C2CC2)o1. The fraction of sp³-hybridized carbons (Fsp3) is 0.375. The minimum absolute atomic E-state index is 0.131. The van der Waals surface area contributed by atoms with Crippen LogP contribution in [0.2, 0.25) is 0 Å². The maximum atomic E-state index is 12.2. The Kier molecular flexibility index (Phi) is 3.75. The standard InChI is InChI=1S/C16H19N3O3/c1-18(2)16(21)14-8-7-12(22-14)10-17-15(20)13-4-3-9-19(13)11-5-6-11/h3-4,7-9,11H,5-6,10H2,1-2H3,(H,17,20). The van der Waals surface area contributed by atoms with Crippen LogP contribution in [0.1, 0.15) is 45.7 Å². The van der Waals surface area contributed by atoms with Crippen molar-refractivity contribution in [3.63, 3.8) is 0 Å². The van der Waals surface area contributed by atoms with Gasteiger partial charge in [0.15, 0.2) is 5.76 Å². The number of hydrogen-bond donors (Lipinski definition) is 1. The van der Waals surface area contributed by atoms with Crippen LogP contribution in [0.4, 0.5) is 0 Å². The molecule has 1 aliphatic carbocycles. The second kappa shape index (κ2) is 5.71. The zero-order chi connectivity index (χ0) is 15.7. The summed E-state index contributed by atoms with van der Waals surface area (Å²) in [5.41, 5.74) is 0.665. The highest BCUT2D eigenvalue weighted by atomic mass is 16.4. The van der Waals surface area contributed by atoms with Crippen molar-refractivity contribution < 1.29 is 14.0 Å². The van der Waals surface area contributed by atoms with Gasteiger partial charge in [0.2, 0.25) is 0 Å². The molecule has 3 rings (SSSR count). The van der Waals surface area contributed by atoms with Crippen molar-refractivity contribution in [2.24, 2.45) is 0 Å². The summed E-state index contributed by atoms with van der Waals surface area (Å²) < 4.78 is 7.46. The van der Waals surface area contributed by atoms with Gasteiger partial charge in [0, 0.05) is 26.3 Å². The van der Waals surface area contributed by atoms with Gasteiger partial charge in [0.05, 0.1) is 6.54 Å². The summed E-state index contributed by atoms with van der Waals surface area (Å²) >= 11 is 0. The maximum Gasteiger partial charge on any atom is 0.289 e. The minimum atomic E-state index is -0.194. The predicted molar refractivity (Wildman–Crippen MR) is 80.6 cm³/mol. The average molecular weight is 301 g/mol. The third kappa shape index (κ3) is 2.90. The van der Waals surface area contributed by atoms with E-state index in [-0.39, 0.29) is 24.1 Å². The Labute approximate surface area is 128 Å². The molecule has 22 heavy (non-hydrogen) atoms. The molecule has 6 nitrogen and oxygen atoms in total. The third-order valence-corrected chi connectivity index (χ3v) is 3.65. The van der Waals surface area contributed by atoms with E-state index < -0.39 is 0 Å². The highest BCUT2D eigenvalue weighted by Gasteiger charge is 2.26. The molecule has 0 atom stereocenters. The molecule has 2 heterocycles. The fourth-order valence-corrected chi connectivity index (χ4v) is 2.32. The molecule has 1 aliphatic rings. The van der Waals surface area contributed by atoms with E-state index in [2.05, 4.69) is 5.32 Å². The monoisotopic (exact) mass is 301 g/mol. The summed E-state index contributed by atoms with van der Waals surface area (Å²) in [4.78, 5) is 25.4. The van der Waals surface area contributed by atoms with Crippen LogP contribution in [0.15, 0.2) is 34.9 Å². The van der Waals surface area contributed by atoms with Crippen molar-refractivity contribution in [3.05, 3.63) is 47.7 Å². The number of amides is 2. The van der Waals surface area contributed by atoms with Gasteiger partial charge in [-0.05, 0) is 37.1 Å². The van der Waals surface area contributed by atoms with Gasteiger partial charge in [0.25, 0.3) is 11.8 Å². The summed E-state index contributed by atoms with van der Waals surface area (Å²) in [7, 11) is 3.33. The number of hydrogen-bond acceptors (Lipinski definition) is 3. The van der Waals surface area contributed by atoms with Crippen LogP contribution in [0.5, 0.6) is 0 Å². The van der Waals surface area contributed by atoms with Crippen molar-refractivity contribution in [1.82, 2.24) is 14.8 Å². The van der Waals surface area contributed by atoms with Crippen LogP contribution in [0.25, 0.3) is 0 Å². The Hall–Kier alpha value is -2.50. The van der Waals surface area contributed by atoms with Gasteiger partial charge < -0.3 is 19.2 Å². The Morgan fingerprint density at radius 1 is 1.32 bits per heavy atom. The van der Waals surface area contributed by atoms with Gasteiger partial charge in [0.1, 0.15) is 11.5 Å². The van der Waals surface area contributed by atoms with Gasteiger partial charge in [-0.15, -0.1) is 0 Å². The summed E-state index contributed by atoms with van der Waals surface area (Å²) in [6, 6.07) is 7.49. The molecule has 116 valence electrons. The number of nitrogens with one attached hydrogen (secondary N) is 1. The van der Waals surface area contributed by atoms with Gasteiger partial charge in [-0.25, -0.2) is 0 Å². The number of rotatable bonds is 5. The quantitative estimate of drug-likeness (QED) is 0.919. The zero-order valence-corrected chi connectivity index (χ0v) is 12.7. The molecule has 2 aromatic heterocycles. The first-order valence-corrected chi connectivity index (χ1v) is 7.31. The molecule has 1 saturated carbocycles. The Morgan fingerprint density at radius 2 is 2.09 bits per heavy atom. The van der Waals surface area contributed by atoms with E-state index in [9.17, 15) is 9.59 Å². The van der Waals surface area contributed by atoms with Crippen molar-refractivity contribution in [3.8, 4) is 0 Å². The van der Waals surface area contributed by atoms with Crippen molar-refractivity contribution >= 4 is 11.8 Å². The molecule has 1 N–H and O–H groups in total. The topological polar surface area (TPSA) is 67.5 Å². The van der Waals surface area contributed by atoms with E-state index in [1.807, 2.05) is 22.9 Å². The van der Waals surface area contributed by atoms with E-state index in [0.717, 1.165) is 12.8 Å². The first kappa shape index (κ1) is 14.4. The Morgan fingerprint density at radius 3 is 2.77 bits per heavy atom. The molecule has 0 aliphatic heterocycles. The molecular weight excluding hydrogens is 282 g/mol. The van der Waals surface area contributed by atoms with Gasteiger partial charge in [-0.3, -0.25) is 9.59 Å². The van der Waals surface area contributed by atoms with E-state index in [0.29, 0.717) is 17.5 Å². The molecule has 0 spiro atoms. The number of carbonyl (C=O) groups is 2. The molecule has 0 radical (unpaired) electrons. The lowest BCUT2D eigenvalue weighted by molar-refractivity contribution is 0.0794. The zero-order valence-electron chi connectivity index (χ0n) is 12.7. The molecule has 0 aromatic carbocycles. The molecule has 6 heteroatoms. The summed E-state index contributed by atoms with van der Waals surface area (Å²) in [6.07, 6.45) is 4.19. The van der Waals surface area contributed by atoms with E-state index in [4.69, 9.17) is 4.42 Å². The second-order valence-electron chi connectivity index (χ2n) is 5.68. The first-order valence-electron chi connectivity index (χ1n) is 7.31. The molecule has 2 amide bonds. The van der Waals surface area contributed by atoms with Crippen LogP contribution in [-0.4, -0.2) is 35.4 Å². The average Bonchev–Trinajstić information content (AvgIpc) is 3.04. The number of carbonyl (C=O) groups excluding carboxylic acids is 2. The first-order chi connectivity index (χ1) is 10.6. The maximum absolute atomic E-state index is 12.2. The van der Waals surface area contributed by atoms with Crippen LogP contribution in [-0.2, 0) is 6.54 Å². The molecule has 1 fully saturated rings. The molecular formula is C16H19N3O3. The largest absolute Gasteiger partial charge is 0.454 e. The normalized spacial score (nSPS) is 13.9. The fourth-order valence-electron chi connectivity index (χ4n) is 2.32. The number of nitrogens with zero attached hydrogens (tertiary/aromatic N) is 2. The van der Waals surface area contributed by atoms with Gasteiger partial charge in [-0.2, -0.15) is 0 Å². The van der Waals surface area contributed by atoms with Crippen LogP contribution >= 0.6 is 0 Å². The van der Waals surface area contributed by atoms with E-state index in [1.165, 1.54) is 4.90 Å². The Balaban J connectivity index is 1.61. The van der Waals surface area contributed by atoms with Crippen molar-refractivity contribution in [2.75, 3.05) is 14.1 Å². The molecule has 0 bridgehead atoms. The predicted octanol–water partition coefficient (Wildman–Crippen LogP) is 2.05. The molecule has 2 aromatic rings. The number of aromatic nitrogens is 1. The summed E-state index contributed by atoms with van der Waals surface area (Å²) in [6.45, 7) is 0.259. The minimum Gasteiger partial charge on any atom is -0.454 e. The van der Waals surface area contributed by atoms with Gasteiger partial charge in [-0.1, -0.05) is 0 Å². The molecule has 0 unspecified atom stereocenters. The lowest BCUT2D eigenvalue weighted by Crippen LogP contribution is -2.25.